The molecule has 3 aromatic rings. The smallest absolute Gasteiger partial charge is 0.317 e. The summed E-state index contributed by atoms with van der Waals surface area (Å²) in [5.74, 6) is -17.1. The van der Waals surface area contributed by atoms with Crippen molar-refractivity contribution in [2.45, 2.75) is 292 Å². The fraction of sp³-hybridized carbons (Fsp3) is 0.626. The predicted molar refractivity (Wildman–Crippen MR) is 550 cm³/mol. The lowest BCUT2D eigenvalue weighted by Crippen LogP contribution is -2.60. The second-order valence-electron chi connectivity index (χ2n) is 36.8. The van der Waals surface area contributed by atoms with E-state index in [4.69, 9.17) is 31.5 Å². The van der Waals surface area contributed by atoms with Gasteiger partial charge < -0.3 is 130 Å². The van der Waals surface area contributed by atoms with Crippen LogP contribution in [0.3, 0.4) is 0 Å². The molecular weight excluding hydrogens is 1960 g/mol. The lowest BCUT2D eigenvalue weighted by atomic mass is 10.0. The Hall–Kier alpha value is -12.9. The zero-order chi connectivity index (χ0) is 108. The zero-order valence-electron chi connectivity index (χ0n) is 84.5. The van der Waals surface area contributed by atoms with E-state index in [-0.39, 0.29) is 192 Å². The number of nitrogens with one attached hydrogen (secondary N) is 15. The Morgan fingerprint density at radius 2 is 1.10 bits per heavy atom. The number of para-hydroxylation sites is 1. The van der Waals surface area contributed by atoms with E-state index < -0.39 is 212 Å². The first-order valence-electron chi connectivity index (χ1n) is 50.9. The minimum Gasteiger partial charge on any atom is -0.481 e. The van der Waals surface area contributed by atoms with Gasteiger partial charge >= 0.3 is 23.9 Å². The lowest BCUT2D eigenvalue weighted by Gasteiger charge is -2.33. The van der Waals surface area contributed by atoms with Crippen LogP contribution in [0.25, 0.3) is 10.9 Å². The number of likely N-dealkylation sites (tertiary alicyclic amines) is 2. The number of aliphatic hydroxyl groups excluding tert-OH is 1. The number of nitrogens with zero attached hydrogens (tertiary/aromatic N) is 4. The molecule has 3 fully saturated rings. The maximum Gasteiger partial charge on any atom is 0.317 e. The SMILES string of the molecule is CC(=O)N[C@H]1CCSSCC[C@@H](C(=O)N2CCC[C@H]2C(=O)N2CCC[C@H]2C(=O)N[C@@H](CO)C(=O)N[C@@H](CCC(=O)O)C(=O)N[C@@H](CCCCN(CC(=O)O)CC(=O)O)C(=O)N[C@@H](CCCCNC(=O)COCCOCCNC(=O)CCCCCCCCCCCCCCC(=O)O)C(N)=O)NC(=O)[C@H](Cc2c[nH]c3ccccc23)NC(=O)[C@H](CCCNC(=N)N)NC(=O)CNC(=O)[C@H](CC2=CCC=N2)NC1=O.Cc1ccccc1. The monoisotopic (exact) mass is 2110 g/mol. The van der Waals surface area contributed by atoms with Crippen molar-refractivity contribution in [3.63, 3.8) is 0 Å². The molecule has 0 saturated carbocycles. The maximum atomic E-state index is 15.5. The van der Waals surface area contributed by atoms with E-state index >= 15 is 14.4 Å². The molecular formula is C99H151N21O26S2. The third kappa shape index (κ3) is 49.3. The van der Waals surface area contributed by atoms with Crippen molar-refractivity contribution in [3.8, 4) is 0 Å². The standard InChI is InChI=1S/C92H143N21O26S2.C7H8/c1-58(115)102-67-36-48-140-141-49-37-68(107-87(133)69(50-59-52-100-62-26-15-14-25-61(59)62)108-83(129)64(29-21-40-99-92(94)95)103-75(117)53-101-82(128)70(109-86(67)132)51-60-24-20-39-96-60)90(136)113-44-23-31-73(113)91(137)112-43-22-30-72(112)89(135)110-71(56-114)88(134)106-66(34-35-78(121)122)85(131)105-65(28-17-19-42-111(54-79(123)124)55-80(125)126)84(130)104-63(81(93)127)27-16-18-38-97-76(118)57-139-47-46-138-45-41-98-74(116)32-12-10-8-6-4-2-3-5-7-9-11-13-33-77(119)120;1-7-5-3-2-4-6-7/h14-15,24-26,39,52,63-73,100,114H,2-13,16-23,27-38,40-51,53-57H2,1H3,(H2,93,127)(H,97,118)(H,98,116)(H,101,128)(H,102,115)(H,103,117)(H,104,130)(H,105,131)(H,106,134)(H,107,133)(H,108,129)(H,109,132)(H,110,135)(H,119,120)(H,121,122)(H,123,124)(H,125,126)(H4,94,95,99);2-6H,1H3/t63-,64-,65-,66-,67-,68-,69-,70-,71-,72-,73-;/m0./s1. The number of carboxylic acid groups (broad SMARTS) is 4. The highest BCUT2D eigenvalue weighted by Gasteiger charge is 2.46. The number of carboxylic acids is 4. The molecule has 820 valence electrons. The highest BCUT2D eigenvalue weighted by molar-refractivity contribution is 8.76. The van der Waals surface area contributed by atoms with E-state index in [1.807, 2.05) is 18.2 Å². The van der Waals surface area contributed by atoms with Crippen LogP contribution in [0.5, 0.6) is 0 Å². The van der Waals surface area contributed by atoms with Gasteiger partial charge in [-0.05, 0) is 134 Å². The van der Waals surface area contributed by atoms with Crippen LogP contribution in [0.2, 0.25) is 0 Å². The number of carbonyl (C=O) groups excluding carboxylic acids is 15. The number of aromatic amines is 1. The number of primary amides is 1. The third-order valence-corrected chi connectivity index (χ3v) is 27.3. The number of aliphatic hydroxyl groups is 1. The first-order chi connectivity index (χ1) is 71.0. The molecule has 15 amide bonds. The number of aromatic nitrogens is 1. The number of carbonyl (C=O) groups is 19. The summed E-state index contributed by atoms with van der Waals surface area (Å²) in [6.07, 6.45) is 17.3. The van der Waals surface area contributed by atoms with Crippen molar-refractivity contribution in [2.75, 3.05) is 103 Å². The summed E-state index contributed by atoms with van der Waals surface area (Å²) < 4.78 is 10.9. The van der Waals surface area contributed by atoms with E-state index in [9.17, 15) is 97.1 Å². The van der Waals surface area contributed by atoms with Crippen LogP contribution < -0.4 is 80.6 Å². The number of allylic oxidation sites excluding steroid dienone is 1. The van der Waals surface area contributed by atoms with Crippen LogP contribution in [-0.2, 0) is 107 Å². The fourth-order valence-corrected chi connectivity index (χ4v) is 19.2. The Balaban J connectivity index is 0.00000457. The molecule has 4 aliphatic heterocycles. The number of H-pyrrole nitrogens is 1. The number of amides is 15. The molecule has 0 unspecified atom stereocenters. The van der Waals surface area contributed by atoms with Crippen LogP contribution in [0.1, 0.15) is 224 Å². The van der Waals surface area contributed by atoms with Crippen LogP contribution in [0, 0.1) is 12.3 Å². The van der Waals surface area contributed by atoms with Crippen molar-refractivity contribution in [2.24, 2.45) is 16.5 Å². The Kier molecular flexibility index (Phi) is 58.7. The molecule has 24 N–H and O–H groups in total. The Labute approximate surface area is 868 Å². The number of hydrogen-bond acceptors (Lipinski definition) is 27. The predicted octanol–water partition coefficient (Wildman–Crippen LogP) is 1.34. The van der Waals surface area contributed by atoms with Gasteiger partial charge in [0.2, 0.25) is 88.6 Å². The Bertz CT molecular complexity index is 4880. The van der Waals surface area contributed by atoms with Crippen molar-refractivity contribution >= 4 is 157 Å². The van der Waals surface area contributed by atoms with E-state index in [1.54, 1.807) is 42.8 Å². The van der Waals surface area contributed by atoms with Crippen molar-refractivity contribution < 1.29 is 126 Å². The maximum absolute atomic E-state index is 15.5. The van der Waals surface area contributed by atoms with Gasteiger partial charge in [0.25, 0.3) is 0 Å². The molecule has 47 nitrogen and oxygen atoms in total. The molecule has 7 rings (SSSR count). The van der Waals surface area contributed by atoms with Crippen LogP contribution in [-0.4, -0.2) is 340 Å². The number of hydrogen-bond donors (Lipinski definition) is 22. The average molecular weight is 2120 g/mol. The number of nitrogens with two attached hydrogens (primary N) is 2. The molecule has 3 saturated heterocycles. The molecule has 0 radical (unpaired) electrons. The van der Waals surface area contributed by atoms with Crippen LogP contribution in [0.15, 0.2) is 77.6 Å². The summed E-state index contributed by atoms with van der Waals surface area (Å²) in [5.41, 5.74) is 14.3. The third-order valence-electron chi connectivity index (χ3n) is 24.8. The number of ether oxygens (including phenoxy) is 2. The highest BCUT2D eigenvalue weighted by atomic mass is 33.1. The van der Waals surface area contributed by atoms with Gasteiger partial charge in [-0.3, -0.25) is 106 Å². The molecule has 5 heterocycles. The summed E-state index contributed by atoms with van der Waals surface area (Å²) in [6, 6.07) is 1.15. The van der Waals surface area contributed by atoms with Gasteiger partial charge in [-0.15, -0.1) is 0 Å². The summed E-state index contributed by atoms with van der Waals surface area (Å²) in [4.78, 5) is 268. The van der Waals surface area contributed by atoms with Crippen LogP contribution >= 0.6 is 21.6 Å². The molecule has 0 spiro atoms. The van der Waals surface area contributed by atoms with Crippen LogP contribution in [0.4, 0.5) is 0 Å². The Morgan fingerprint density at radius 3 is 1.72 bits per heavy atom. The summed E-state index contributed by atoms with van der Waals surface area (Å²) in [7, 11) is 2.49. The number of aliphatic imine (C=N–C) groups is 1. The lowest BCUT2D eigenvalue weighted by molar-refractivity contribution is -0.148. The number of unbranched alkanes of at least 4 members (excludes halogenated alkanes) is 13. The van der Waals surface area contributed by atoms with E-state index in [0.717, 1.165) is 69.1 Å². The van der Waals surface area contributed by atoms with Gasteiger partial charge in [-0.2, -0.15) is 0 Å². The quantitative estimate of drug-likeness (QED) is 0.0164. The largest absolute Gasteiger partial charge is 0.481 e. The molecule has 11 atom stereocenters. The number of benzene rings is 2. The minimum absolute atomic E-state index is 0.0107. The second-order valence-corrected chi connectivity index (χ2v) is 39.5. The van der Waals surface area contributed by atoms with Gasteiger partial charge in [0.15, 0.2) is 5.96 Å². The number of rotatable bonds is 61. The molecule has 0 aliphatic carbocycles. The van der Waals surface area contributed by atoms with E-state index in [0.29, 0.717) is 41.5 Å². The highest BCUT2D eigenvalue weighted by Crippen LogP contribution is 2.30. The first kappa shape index (κ1) is 124. The molecule has 2 aromatic carbocycles. The number of fused-ring (bicyclic) bond motifs is 1. The molecule has 4 aliphatic rings. The van der Waals surface area contributed by atoms with Gasteiger partial charge in [0, 0.05) is 119 Å². The first-order valence-corrected chi connectivity index (χ1v) is 53.4. The summed E-state index contributed by atoms with van der Waals surface area (Å²) in [5, 5.41) is 90.8. The van der Waals surface area contributed by atoms with Crippen molar-refractivity contribution in [1.82, 2.24) is 88.8 Å². The number of aliphatic carboxylic acids is 4. The van der Waals surface area contributed by atoms with Gasteiger partial charge in [0.1, 0.15) is 73.1 Å². The van der Waals surface area contributed by atoms with Crippen molar-refractivity contribution in [1.29, 1.82) is 5.41 Å². The normalized spacial score (nSPS) is 18.7. The van der Waals surface area contributed by atoms with Crippen molar-refractivity contribution in [3.05, 3.63) is 83.7 Å². The Morgan fingerprint density at radius 1 is 0.541 bits per heavy atom. The summed E-state index contributed by atoms with van der Waals surface area (Å²) >= 11 is 0. The zero-order valence-corrected chi connectivity index (χ0v) is 86.1. The average Bonchev–Trinajstić information content (AvgIpc) is 1.69. The number of aryl methyl sites for hydroxylation is 1. The summed E-state index contributed by atoms with van der Waals surface area (Å²) in [6.45, 7) is 0.455. The van der Waals surface area contributed by atoms with Gasteiger partial charge in [-0.25, -0.2) is 0 Å². The topological polar surface area (TPSA) is 714 Å². The molecule has 148 heavy (non-hydrogen) atoms. The minimum atomic E-state index is -1.91. The fourth-order valence-electron chi connectivity index (χ4n) is 17.1. The van der Waals surface area contributed by atoms with Gasteiger partial charge in [0.05, 0.1) is 46.1 Å². The molecule has 1 aromatic heterocycles. The second kappa shape index (κ2) is 70.1. The van der Waals surface area contributed by atoms with Gasteiger partial charge in [-0.1, -0.05) is 146 Å². The molecule has 49 heteroatoms. The van der Waals surface area contributed by atoms with E-state index in [2.05, 4.69) is 98.2 Å². The molecule has 0 bridgehead atoms. The number of guanidine groups is 1. The van der Waals surface area contributed by atoms with E-state index in [1.165, 1.54) is 56.7 Å².